The molecule has 0 saturated carbocycles. The molecule has 3 aromatic rings. The van der Waals surface area contributed by atoms with Crippen LogP contribution in [0.5, 0.6) is 0 Å². The van der Waals surface area contributed by atoms with E-state index in [0.717, 1.165) is 29.3 Å². The van der Waals surface area contributed by atoms with Crippen LogP contribution in [0.4, 0.5) is 0 Å². The van der Waals surface area contributed by atoms with Crippen molar-refractivity contribution in [1.29, 1.82) is 0 Å². The van der Waals surface area contributed by atoms with Crippen molar-refractivity contribution in [2.75, 3.05) is 6.16 Å². The SMILES string of the molecule is O=C(O)C(c1ccccc1)(c1ccccc1)C(CCP)c1ccccc1. The molecule has 3 heteroatoms. The summed E-state index contributed by atoms with van der Waals surface area (Å²) in [4.78, 5) is 12.9. The first kappa shape index (κ1) is 18.4. The Balaban J connectivity index is 2.33. The summed E-state index contributed by atoms with van der Waals surface area (Å²) in [5.41, 5.74) is 1.53. The lowest BCUT2D eigenvalue weighted by molar-refractivity contribution is -0.143. The average molecular weight is 362 g/mol. The minimum atomic E-state index is -1.14. The molecule has 132 valence electrons. The molecule has 0 aromatic heterocycles. The van der Waals surface area contributed by atoms with E-state index in [0.29, 0.717) is 0 Å². The lowest BCUT2D eigenvalue weighted by Gasteiger charge is -2.39. The third kappa shape index (κ3) is 3.30. The summed E-state index contributed by atoms with van der Waals surface area (Å²) in [6, 6.07) is 29.2. The van der Waals surface area contributed by atoms with Crippen LogP contribution in [0.25, 0.3) is 0 Å². The Kier molecular flexibility index (Phi) is 5.85. The van der Waals surface area contributed by atoms with Gasteiger partial charge in [-0.3, -0.25) is 4.79 Å². The summed E-state index contributed by atoms with van der Waals surface area (Å²) >= 11 is 0. The van der Waals surface area contributed by atoms with Crippen LogP contribution in [-0.2, 0) is 10.2 Å². The van der Waals surface area contributed by atoms with Crippen LogP contribution >= 0.6 is 9.24 Å². The summed E-state index contributed by atoms with van der Waals surface area (Å²) in [6.45, 7) is 0. The molecule has 0 spiro atoms. The van der Waals surface area contributed by atoms with E-state index in [1.165, 1.54) is 0 Å². The van der Waals surface area contributed by atoms with E-state index < -0.39 is 11.4 Å². The number of benzene rings is 3. The molecule has 0 amide bonds. The molecular weight excluding hydrogens is 339 g/mol. The first-order valence-corrected chi connectivity index (χ1v) is 9.62. The molecule has 0 fully saturated rings. The molecule has 0 aliphatic carbocycles. The van der Waals surface area contributed by atoms with Crippen LogP contribution in [0.15, 0.2) is 91.0 Å². The highest BCUT2D eigenvalue weighted by Gasteiger charge is 2.49. The minimum absolute atomic E-state index is 0.177. The molecule has 2 unspecified atom stereocenters. The molecule has 3 rings (SSSR count). The Labute approximate surface area is 157 Å². The van der Waals surface area contributed by atoms with E-state index in [1.54, 1.807) is 0 Å². The van der Waals surface area contributed by atoms with Gasteiger partial charge in [-0.15, -0.1) is 9.24 Å². The molecule has 0 aliphatic rings. The molecule has 2 atom stereocenters. The maximum atomic E-state index is 12.9. The van der Waals surface area contributed by atoms with Gasteiger partial charge in [0, 0.05) is 5.92 Å². The third-order valence-corrected chi connectivity index (χ3v) is 5.31. The molecule has 2 nitrogen and oxygen atoms in total. The molecule has 0 bridgehead atoms. The molecule has 1 N–H and O–H groups in total. The van der Waals surface area contributed by atoms with E-state index in [4.69, 9.17) is 0 Å². The van der Waals surface area contributed by atoms with Crippen molar-refractivity contribution in [2.24, 2.45) is 0 Å². The van der Waals surface area contributed by atoms with Crippen molar-refractivity contribution in [3.8, 4) is 0 Å². The van der Waals surface area contributed by atoms with Gasteiger partial charge in [0.25, 0.3) is 0 Å². The number of rotatable bonds is 7. The van der Waals surface area contributed by atoms with Crippen molar-refractivity contribution in [1.82, 2.24) is 0 Å². The van der Waals surface area contributed by atoms with Crippen LogP contribution in [0.2, 0.25) is 0 Å². The minimum Gasteiger partial charge on any atom is -0.480 e. The summed E-state index contributed by atoms with van der Waals surface area (Å²) < 4.78 is 0. The monoisotopic (exact) mass is 362 g/mol. The lowest BCUT2D eigenvalue weighted by atomic mass is 9.62. The highest BCUT2D eigenvalue weighted by atomic mass is 31.0. The summed E-state index contributed by atoms with van der Waals surface area (Å²) in [5, 5.41) is 10.6. The van der Waals surface area contributed by atoms with Gasteiger partial charge < -0.3 is 5.11 Å². The normalized spacial score (nSPS) is 12.5. The maximum absolute atomic E-state index is 12.9. The predicted molar refractivity (Wildman–Crippen MR) is 110 cm³/mol. The average Bonchev–Trinajstić information content (AvgIpc) is 2.70. The summed E-state index contributed by atoms with van der Waals surface area (Å²) in [6.07, 6.45) is 1.58. The van der Waals surface area contributed by atoms with Crippen molar-refractivity contribution in [2.45, 2.75) is 17.8 Å². The fourth-order valence-corrected chi connectivity index (χ4v) is 4.19. The topological polar surface area (TPSA) is 37.3 Å². The summed E-state index contributed by atoms with van der Waals surface area (Å²) in [7, 11) is 2.75. The third-order valence-electron chi connectivity index (χ3n) is 4.98. The second-order valence-electron chi connectivity index (χ2n) is 6.39. The second-order valence-corrected chi connectivity index (χ2v) is 6.96. The van der Waals surface area contributed by atoms with Gasteiger partial charge in [-0.1, -0.05) is 91.0 Å². The van der Waals surface area contributed by atoms with Gasteiger partial charge in [0.15, 0.2) is 0 Å². The number of carboxylic acid groups (broad SMARTS) is 1. The van der Waals surface area contributed by atoms with E-state index in [9.17, 15) is 9.90 Å². The predicted octanol–water partition coefficient (Wildman–Crippen LogP) is 5.11. The molecule has 0 aliphatic heterocycles. The van der Waals surface area contributed by atoms with E-state index in [1.807, 2.05) is 91.0 Å². The zero-order valence-electron chi connectivity index (χ0n) is 14.6. The van der Waals surface area contributed by atoms with Gasteiger partial charge in [-0.2, -0.15) is 0 Å². The van der Waals surface area contributed by atoms with Crippen LogP contribution in [0.1, 0.15) is 29.0 Å². The quantitative estimate of drug-likeness (QED) is 0.593. The first-order chi connectivity index (χ1) is 12.7. The van der Waals surface area contributed by atoms with Crippen LogP contribution in [0.3, 0.4) is 0 Å². The van der Waals surface area contributed by atoms with Gasteiger partial charge in [0.1, 0.15) is 5.41 Å². The van der Waals surface area contributed by atoms with E-state index >= 15 is 0 Å². The maximum Gasteiger partial charge on any atom is 0.319 e. The number of hydrogen-bond acceptors (Lipinski definition) is 1. The van der Waals surface area contributed by atoms with Crippen molar-refractivity contribution < 1.29 is 9.90 Å². The van der Waals surface area contributed by atoms with Crippen molar-refractivity contribution >= 4 is 15.2 Å². The smallest absolute Gasteiger partial charge is 0.319 e. The van der Waals surface area contributed by atoms with Crippen LogP contribution in [0, 0.1) is 0 Å². The van der Waals surface area contributed by atoms with Gasteiger partial charge in [0.2, 0.25) is 0 Å². The highest BCUT2D eigenvalue weighted by Crippen LogP contribution is 2.47. The van der Waals surface area contributed by atoms with Crippen molar-refractivity contribution in [3.05, 3.63) is 108 Å². The second kappa shape index (κ2) is 8.29. The Morgan fingerprint density at radius 1 is 0.808 bits per heavy atom. The molecule has 0 heterocycles. The largest absolute Gasteiger partial charge is 0.480 e. The highest BCUT2D eigenvalue weighted by molar-refractivity contribution is 7.16. The van der Waals surface area contributed by atoms with Crippen LogP contribution in [-0.4, -0.2) is 17.2 Å². The number of carbonyl (C=O) groups is 1. The molecule has 26 heavy (non-hydrogen) atoms. The van der Waals surface area contributed by atoms with Gasteiger partial charge >= 0.3 is 5.97 Å². The number of hydrogen-bond donors (Lipinski definition) is 1. The Morgan fingerprint density at radius 3 is 1.62 bits per heavy atom. The summed E-state index contributed by atoms with van der Waals surface area (Å²) in [5.74, 6) is -0.995. The Morgan fingerprint density at radius 2 is 1.23 bits per heavy atom. The lowest BCUT2D eigenvalue weighted by Crippen LogP contribution is -2.43. The van der Waals surface area contributed by atoms with Gasteiger partial charge in [0.05, 0.1) is 0 Å². The standard InChI is InChI=1S/C23H23O2P/c24-22(25)23(19-12-6-2-7-13-19,20-14-8-3-9-15-20)21(16-17-26)18-10-4-1-5-11-18/h1-15,21H,16-17,26H2,(H,24,25). The van der Waals surface area contributed by atoms with Gasteiger partial charge in [-0.05, 0) is 29.3 Å². The molecular formula is C23H23O2P. The first-order valence-electron chi connectivity index (χ1n) is 8.80. The zero-order valence-corrected chi connectivity index (χ0v) is 15.7. The fraction of sp³-hybridized carbons (Fsp3) is 0.174. The van der Waals surface area contributed by atoms with E-state index in [2.05, 4.69) is 9.24 Å². The molecule has 3 aromatic carbocycles. The zero-order chi connectivity index (χ0) is 18.4. The molecule has 0 saturated heterocycles. The Bertz CT molecular complexity index is 792. The van der Waals surface area contributed by atoms with Crippen LogP contribution < -0.4 is 0 Å². The molecule has 0 radical (unpaired) electrons. The number of carboxylic acids is 1. The van der Waals surface area contributed by atoms with E-state index in [-0.39, 0.29) is 5.92 Å². The Hall–Kier alpha value is -2.44. The van der Waals surface area contributed by atoms with Crippen molar-refractivity contribution in [3.63, 3.8) is 0 Å². The number of aliphatic carboxylic acids is 1. The fourth-order valence-electron chi connectivity index (χ4n) is 3.85. The van der Waals surface area contributed by atoms with Gasteiger partial charge in [-0.25, -0.2) is 0 Å².